The highest BCUT2D eigenvalue weighted by molar-refractivity contribution is 6.02. The molecule has 0 atom stereocenters. The van der Waals surface area contributed by atoms with Gasteiger partial charge in [0.15, 0.2) is 17.2 Å². The number of imidazole rings is 1. The standard InChI is InChI=1S/C27H21F2N5O2/c1-15-8-10-19(12-16(15)2)34-26-23(33(27(34)36)14-17-6-4-3-5-7-17)22(24(30)35)31-25(32-26)20-11-9-18(28)13-21(20)29/h3-13H,14H2,1-2H3,(H2,30,35). The van der Waals surface area contributed by atoms with Crippen molar-refractivity contribution in [1.82, 2.24) is 19.1 Å². The molecule has 0 saturated carbocycles. The van der Waals surface area contributed by atoms with Crippen molar-refractivity contribution in [2.45, 2.75) is 20.4 Å². The molecule has 3 aromatic carbocycles. The average Bonchev–Trinajstić information content (AvgIpc) is 3.12. The molecule has 0 unspecified atom stereocenters. The van der Waals surface area contributed by atoms with Crippen LogP contribution < -0.4 is 11.4 Å². The van der Waals surface area contributed by atoms with Crippen molar-refractivity contribution < 1.29 is 13.6 Å². The molecule has 2 aromatic heterocycles. The number of aryl methyl sites for hydroxylation is 2. The van der Waals surface area contributed by atoms with Crippen molar-refractivity contribution in [3.05, 3.63) is 111 Å². The van der Waals surface area contributed by atoms with Crippen LogP contribution in [-0.2, 0) is 6.54 Å². The molecule has 0 aliphatic carbocycles. The van der Waals surface area contributed by atoms with E-state index in [-0.39, 0.29) is 34.8 Å². The summed E-state index contributed by atoms with van der Waals surface area (Å²) in [6.45, 7) is 3.99. The van der Waals surface area contributed by atoms with Crippen molar-refractivity contribution in [3.8, 4) is 17.1 Å². The molecular formula is C27H21F2N5O2. The number of primary amides is 1. The van der Waals surface area contributed by atoms with Gasteiger partial charge in [-0.3, -0.25) is 9.36 Å². The number of amides is 1. The number of halogens is 2. The first-order chi connectivity index (χ1) is 17.2. The fraction of sp³-hybridized carbons (Fsp3) is 0.111. The van der Waals surface area contributed by atoms with Crippen LogP contribution in [0.15, 0.2) is 71.5 Å². The van der Waals surface area contributed by atoms with Crippen LogP contribution in [0.1, 0.15) is 27.2 Å². The third-order valence-electron chi connectivity index (χ3n) is 6.11. The molecule has 9 heteroatoms. The van der Waals surface area contributed by atoms with Crippen LogP contribution in [0, 0.1) is 25.5 Å². The lowest BCUT2D eigenvalue weighted by Gasteiger charge is -2.09. The van der Waals surface area contributed by atoms with E-state index in [1.807, 2.05) is 56.3 Å². The first-order valence-corrected chi connectivity index (χ1v) is 11.1. The number of nitrogens with zero attached hydrogens (tertiary/aromatic N) is 4. The largest absolute Gasteiger partial charge is 0.364 e. The van der Waals surface area contributed by atoms with Gasteiger partial charge in [-0.1, -0.05) is 36.4 Å². The van der Waals surface area contributed by atoms with Gasteiger partial charge in [-0.25, -0.2) is 28.1 Å². The molecular weight excluding hydrogens is 464 g/mol. The third-order valence-corrected chi connectivity index (χ3v) is 6.11. The Morgan fingerprint density at radius 3 is 2.36 bits per heavy atom. The second kappa shape index (κ2) is 8.84. The van der Waals surface area contributed by atoms with E-state index in [1.165, 1.54) is 15.2 Å². The van der Waals surface area contributed by atoms with E-state index in [9.17, 15) is 18.4 Å². The fourth-order valence-corrected chi connectivity index (χ4v) is 4.13. The predicted octanol–water partition coefficient (Wildman–Crippen LogP) is 4.29. The number of hydrogen-bond acceptors (Lipinski definition) is 4. The van der Waals surface area contributed by atoms with Gasteiger partial charge < -0.3 is 5.73 Å². The van der Waals surface area contributed by atoms with Crippen LogP contribution in [0.2, 0.25) is 0 Å². The Kier molecular flexibility index (Phi) is 5.68. The molecule has 2 N–H and O–H groups in total. The molecule has 2 heterocycles. The molecule has 0 radical (unpaired) electrons. The van der Waals surface area contributed by atoms with E-state index in [4.69, 9.17) is 5.73 Å². The maximum atomic E-state index is 14.7. The van der Waals surface area contributed by atoms with Crippen LogP contribution in [0.5, 0.6) is 0 Å². The number of fused-ring (bicyclic) bond motifs is 1. The molecule has 36 heavy (non-hydrogen) atoms. The minimum absolute atomic E-state index is 0.0849. The highest BCUT2D eigenvalue weighted by Gasteiger charge is 2.25. The number of nitrogens with two attached hydrogens (primary N) is 1. The summed E-state index contributed by atoms with van der Waals surface area (Å²) in [5, 5.41) is 0. The summed E-state index contributed by atoms with van der Waals surface area (Å²) in [4.78, 5) is 35.1. The molecule has 180 valence electrons. The summed E-state index contributed by atoms with van der Waals surface area (Å²) in [6, 6.07) is 17.6. The van der Waals surface area contributed by atoms with Gasteiger partial charge in [-0.15, -0.1) is 0 Å². The van der Waals surface area contributed by atoms with Crippen LogP contribution in [-0.4, -0.2) is 25.0 Å². The van der Waals surface area contributed by atoms with Gasteiger partial charge in [-0.05, 0) is 54.8 Å². The molecule has 0 fully saturated rings. The summed E-state index contributed by atoms with van der Waals surface area (Å²) in [5.74, 6) is -2.78. The third kappa shape index (κ3) is 3.94. The number of hydrogen-bond donors (Lipinski definition) is 1. The molecule has 7 nitrogen and oxygen atoms in total. The van der Waals surface area contributed by atoms with Gasteiger partial charge in [0.25, 0.3) is 5.91 Å². The van der Waals surface area contributed by atoms with Gasteiger partial charge in [0.1, 0.15) is 17.2 Å². The monoisotopic (exact) mass is 485 g/mol. The normalized spacial score (nSPS) is 11.2. The first kappa shape index (κ1) is 23.1. The van der Waals surface area contributed by atoms with Crippen molar-refractivity contribution >= 4 is 17.1 Å². The summed E-state index contributed by atoms with van der Waals surface area (Å²) in [6.07, 6.45) is 0. The highest BCUT2D eigenvalue weighted by Crippen LogP contribution is 2.26. The molecule has 0 bridgehead atoms. The second-order valence-electron chi connectivity index (χ2n) is 8.51. The zero-order valence-electron chi connectivity index (χ0n) is 19.5. The van der Waals surface area contributed by atoms with Gasteiger partial charge in [0.2, 0.25) is 0 Å². The number of carbonyl (C=O) groups is 1. The first-order valence-electron chi connectivity index (χ1n) is 11.1. The quantitative estimate of drug-likeness (QED) is 0.402. The maximum Gasteiger partial charge on any atom is 0.335 e. The number of aromatic nitrogens is 4. The zero-order chi connectivity index (χ0) is 25.6. The topological polar surface area (TPSA) is 95.8 Å². The molecule has 5 aromatic rings. The Morgan fingerprint density at radius 2 is 1.69 bits per heavy atom. The van der Waals surface area contributed by atoms with E-state index >= 15 is 0 Å². The summed E-state index contributed by atoms with van der Waals surface area (Å²) in [5.41, 5.74) is 8.35. The van der Waals surface area contributed by atoms with Crippen molar-refractivity contribution in [1.29, 1.82) is 0 Å². The van der Waals surface area contributed by atoms with E-state index in [0.717, 1.165) is 22.8 Å². The fourth-order valence-electron chi connectivity index (χ4n) is 4.13. The van der Waals surface area contributed by atoms with Gasteiger partial charge in [0.05, 0.1) is 17.8 Å². The summed E-state index contributed by atoms with van der Waals surface area (Å²) in [7, 11) is 0. The predicted molar refractivity (Wildman–Crippen MR) is 132 cm³/mol. The Labute approximate surface area is 204 Å². The lowest BCUT2D eigenvalue weighted by molar-refractivity contribution is 0.0997. The molecule has 0 spiro atoms. The Hall–Kier alpha value is -4.66. The van der Waals surface area contributed by atoms with Crippen molar-refractivity contribution in [2.75, 3.05) is 0 Å². The van der Waals surface area contributed by atoms with E-state index in [2.05, 4.69) is 9.97 Å². The van der Waals surface area contributed by atoms with Crippen LogP contribution in [0.3, 0.4) is 0 Å². The Morgan fingerprint density at radius 1 is 0.944 bits per heavy atom. The van der Waals surface area contributed by atoms with Crippen LogP contribution in [0.25, 0.3) is 28.2 Å². The number of carbonyl (C=O) groups excluding carboxylic acids is 1. The summed E-state index contributed by atoms with van der Waals surface area (Å²) >= 11 is 0. The van der Waals surface area contributed by atoms with Gasteiger partial charge in [0, 0.05) is 6.07 Å². The average molecular weight is 485 g/mol. The zero-order valence-corrected chi connectivity index (χ0v) is 19.5. The SMILES string of the molecule is Cc1ccc(-n2c(=O)n(Cc3ccccc3)c3c(C(N)=O)nc(-c4ccc(F)cc4F)nc32)cc1C. The van der Waals surface area contributed by atoms with E-state index < -0.39 is 23.2 Å². The van der Waals surface area contributed by atoms with Crippen LogP contribution >= 0.6 is 0 Å². The van der Waals surface area contributed by atoms with E-state index in [1.54, 1.807) is 6.07 Å². The van der Waals surface area contributed by atoms with E-state index in [0.29, 0.717) is 11.8 Å². The van der Waals surface area contributed by atoms with Gasteiger partial charge >= 0.3 is 5.69 Å². The van der Waals surface area contributed by atoms with Crippen molar-refractivity contribution in [3.63, 3.8) is 0 Å². The molecule has 1 amide bonds. The molecule has 5 rings (SSSR count). The minimum atomic E-state index is -0.912. The molecule has 0 aliphatic rings. The number of benzene rings is 3. The van der Waals surface area contributed by atoms with Gasteiger partial charge in [-0.2, -0.15) is 0 Å². The Balaban J connectivity index is 1.88. The number of rotatable bonds is 5. The Bertz CT molecular complexity index is 1710. The molecule has 0 saturated heterocycles. The minimum Gasteiger partial charge on any atom is -0.364 e. The van der Waals surface area contributed by atoms with Crippen LogP contribution in [0.4, 0.5) is 8.78 Å². The smallest absolute Gasteiger partial charge is 0.335 e. The van der Waals surface area contributed by atoms with Crippen molar-refractivity contribution in [2.24, 2.45) is 5.73 Å². The second-order valence-corrected chi connectivity index (χ2v) is 8.51. The highest BCUT2D eigenvalue weighted by atomic mass is 19.1. The lowest BCUT2D eigenvalue weighted by atomic mass is 10.1. The summed E-state index contributed by atoms with van der Waals surface area (Å²) < 4.78 is 30.9. The lowest BCUT2D eigenvalue weighted by Crippen LogP contribution is -2.24. The maximum absolute atomic E-state index is 14.7. The molecule has 0 aliphatic heterocycles.